The van der Waals surface area contributed by atoms with Gasteiger partial charge in [-0.05, 0) is 36.4 Å². The van der Waals surface area contributed by atoms with Crippen LogP contribution in [0.2, 0.25) is 5.02 Å². The van der Waals surface area contributed by atoms with E-state index in [0.717, 1.165) is 0 Å². The van der Waals surface area contributed by atoms with Gasteiger partial charge in [0, 0.05) is 10.7 Å². The molecule has 0 saturated carbocycles. The minimum absolute atomic E-state index is 0.0706. The van der Waals surface area contributed by atoms with Gasteiger partial charge in [0.1, 0.15) is 0 Å². The van der Waals surface area contributed by atoms with E-state index in [-0.39, 0.29) is 5.76 Å². The van der Waals surface area contributed by atoms with Crippen LogP contribution in [0.4, 0.5) is 10.5 Å². The number of imide groups is 1. The highest BCUT2D eigenvalue weighted by Gasteiger charge is 2.12. The normalized spacial score (nSPS) is 9.83. The van der Waals surface area contributed by atoms with Crippen molar-refractivity contribution in [3.8, 4) is 0 Å². The van der Waals surface area contributed by atoms with E-state index in [0.29, 0.717) is 10.7 Å². The molecule has 0 unspecified atom stereocenters. The number of benzene rings is 1. The fraction of sp³-hybridized carbons (Fsp3) is 0. The van der Waals surface area contributed by atoms with Gasteiger partial charge < -0.3 is 9.73 Å². The first-order chi connectivity index (χ1) is 8.65. The summed E-state index contributed by atoms with van der Waals surface area (Å²) in [5.74, 6) is -0.535. The summed E-state index contributed by atoms with van der Waals surface area (Å²) in [5.41, 5.74) is 0.532. The summed E-state index contributed by atoms with van der Waals surface area (Å²) in [6.45, 7) is 0. The molecule has 2 aromatic rings. The lowest BCUT2D eigenvalue weighted by atomic mass is 10.3. The SMILES string of the molecule is O=C(NC(=O)c1ccco1)Nc1ccc(Cl)cc1. The van der Waals surface area contributed by atoms with Crippen molar-refractivity contribution in [2.24, 2.45) is 0 Å². The number of halogens is 1. The molecule has 92 valence electrons. The van der Waals surface area contributed by atoms with E-state index in [4.69, 9.17) is 16.0 Å². The van der Waals surface area contributed by atoms with Crippen LogP contribution in [0.15, 0.2) is 47.1 Å². The number of furan rings is 1. The third kappa shape index (κ3) is 3.11. The van der Waals surface area contributed by atoms with E-state index in [9.17, 15) is 9.59 Å². The first-order valence-corrected chi connectivity index (χ1v) is 5.44. The number of carbonyl (C=O) groups is 2. The Bertz CT molecular complexity index is 549. The van der Waals surface area contributed by atoms with Crippen LogP contribution in [0.5, 0.6) is 0 Å². The Hall–Kier alpha value is -2.27. The second-order valence-electron chi connectivity index (χ2n) is 3.39. The highest BCUT2D eigenvalue weighted by atomic mass is 35.5. The van der Waals surface area contributed by atoms with E-state index >= 15 is 0 Å². The fourth-order valence-corrected chi connectivity index (χ4v) is 1.39. The molecular weight excluding hydrogens is 256 g/mol. The molecule has 18 heavy (non-hydrogen) atoms. The third-order valence-corrected chi connectivity index (χ3v) is 2.33. The van der Waals surface area contributed by atoms with Crippen LogP contribution in [-0.2, 0) is 0 Å². The molecule has 2 N–H and O–H groups in total. The number of urea groups is 1. The highest BCUT2D eigenvalue weighted by molar-refractivity contribution is 6.30. The number of carbonyl (C=O) groups excluding carboxylic acids is 2. The van der Waals surface area contributed by atoms with E-state index < -0.39 is 11.9 Å². The Morgan fingerprint density at radius 1 is 1.11 bits per heavy atom. The van der Waals surface area contributed by atoms with Gasteiger partial charge in [0.05, 0.1) is 6.26 Å². The maximum Gasteiger partial charge on any atom is 0.326 e. The first kappa shape index (κ1) is 12.2. The Morgan fingerprint density at radius 2 is 1.83 bits per heavy atom. The molecule has 1 heterocycles. The quantitative estimate of drug-likeness (QED) is 0.876. The third-order valence-electron chi connectivity index (χ3n) is 2.07. The number of hydrogen-bond acceptors (Lipinski definition) is 3. The average Bonchev–Trinajstić information content (AvgIpc) is 2.85. The molecule has 0 aliphatic heterocycles. The van der Waals surface area contributed by atoms with E-state index in [2.05, 4.69) is 10.6 Å². The van der Waals surface area contributed by atoms with Gasteiger partial charge in [-0.3, -0.25) is 10.1 Å². The highest BCUT2D eigenvalue weighted by Crippen LogP contribution is 2.13. The molecule has 0 saturated heterocycles. The predicted octanol–water partition coefficient (Wildman–Crippen LogP) is 2.89. The number of nitrogens with one attached hydrogen (secondary N) is 2. The maximum atomic E-state index is 11.5. The van der Waals surface area contributed by atoms with Crippen molar-refractivity contribution in [3.63, 3.8) is 0 Å². The summed E-state index contributed by atoms with van der Waals surface area (Å²) >= 11 is 5.71. The minimum Gasteiger partial charge on any atom is -0.459 e. The van der Waals surface area contributed by atoms with Gasteiger partial charge in [-0.2, -0.15) is 0 Å². The van der Waals surface area contributed by atoms with Gasteiger partial charge in [0.15, 0.2) is 5.76 Å². The molecule has 0 fully saturated rings. The topological polar surface area (TPSA) is 71.3 Å². The fourth-order valence-electron chi connectivity index (χ4n) is 1.27. The van der Waals surface area contributed by atoms with Crippen LogP contribution in [0, 0.1) is 0 Å². The van der Waals surface area contributed by atoms with Gasteiger partial charge in [-0.1, -0.05) is 11.6 Å². The van der Waals surface area contributed by atoms with Gasteiger partial charge in [0.2, 0.25) is 0 Å². The summed E-state index contributed by atoms with van der Waals surface area (Å²) in [6.07, 6.45) is 1.35. The molecule has 3 amide bonds. The Morgan fingerprint density at radius 3 is 2.44 bits per heavy atom. The van der Waals surface area contributed by atoms with Crippen molar-refractivity contribution in [3.05, 3.63) is 53.4 Å². The zero-order valence-corrected chi connectivity index (χ0v) is 9.90. The smallest absolute Gasteiger partial charge is 0.326 e. The lowest BCUT2D eigenvalue weighted by Gasteiger charge is -2.05. The zero-order valence-electron chi connectivity index (χ0n) is 9.14. The van der Waals surface area contributed by atoms with E-state index in [1.54, 1.807) is 30.3 Å². The van der Waals surface area contributed by atoms with Crippen molar-refractivity contribution in [1.29, 1.82) is 0 Å². The van der Waals surface area contributed by atoms with Gasteiger partial charge in [0.25, 0.3) is 5.91 Å². The second-order valence-corrected chi connectivity index (χ2v) is 3.83. The zero-order chi connectivity index (χ0) is 13.0. The maximum absolute atomic E-state index is 11.5. The van der Waals surface area contributed by atoms with E-state index in [1.807, 2.05) is 0 Å². The average molecular weight is 265 g/mol. The molecule has 0 aliphatic carbocycles. The summed E-state index contributed by atoms with van der Waals surface area (Å²) in [4.78, 5) is 23.0. The van der Waals surface area contributed by atoms with Crippen LogP contribution in [-0.4, -0.2) is 11.9 Å². The first-order valence-electron chi connectivity index (χ1n) is 5.06. The van der Waals surface area contributed by atoms with Crippen LogP contribution in [0.25, 0.3) is 0 Å². The number of rotatable bonds is 2. The molecule has 0 spiro atoms. The lowest BCUT2D eigenvalue weighted by Crippen LogP contribution is -2.34. The van der Waals surface area contributed by atoms with Gasteiger partial charge >= 0.3 is 6.03 Å². The van der Waals surface area contributed by atoms with Gasteiger partial charge in [-0.15, -0.1) is 0 Å². The van der Waals surface area contributed by atoms with Crippen LogP contribution >= 0.6 is 11.6 Å². The van der Waals surface area contributed by atoms with Crippen LogP contribution in [0.1, 0.15) is 10.6 Å². The molecular formula is C12H9ClN2O3. The molecule has 2 rings (SSSR count). The van der Waals surface area contributed by atoms with Crippen LogP contribution < -0.4 is 10.6 Å². The predicted molar refractivity (Wildman–Crippen MR) is 66.6 cm³/mol. The molecule has 0 aliphatic rings. The van der Waals surface area contributed by atoms with Crippen molar-refractivity contribution >= 4 is 29.2 Å². The second kappa shape index (κ2) is 5.37. The van der Waals surface area contributed by atoms with E-state index in [1.165, 1.54) is 12.3 Å². The summed E-state index contributed by atoms with van der Waals surface area (Å²) in [5, 5.41) is 5.18. The molecule has 0 bridgehead atoms. The van der Waals surface area contributed by atoms with Crippen molar-refractivity contribution in [1.82, 2.24) is 5.32 Å². The molecule has 6 heteroatoms. The largest absolute Gasteiger partial charge is 0.459 e. The standard InChI is InChI=1S/C12H9ClN2O3/c13-8-3-5-9(6-4-8)14-12(17)15-11(16)10-2-1-7-18-10/h1-7H,(H2,14,15,16,17). The van der Waals surface area contributed by atoms with Gasteiger partial charge in [-0.25, -0.2) is 4.79 Å². The summed E-state index contributed by atoms with van der Waals surface area (Å²) < 4.78 is 4.85. The molecule has 5 nitrogen and oxygen atoms in total. The molecule has 1 aromatic heterocycles. The number of anilines is 1. The Labute approximate surface area is 108 Å². The summed E-state index contributed by atoms with van der Waals surface area (Å²) in [7, 11) is 0. The number of hydrogen-bond donors (Lipinski definition) is 2. The molecule has 0 radical (unpaired) electrons. The lowest BCUT2D eigenvalue weighted by molar-refractivity contribution is 0.0940. The summed E-state index contributed by atoms with van der Waals surface area (Å²) in [6, 6.07) is 8.89. The Kier molecular flexibility index (Phi) is 3.64. The van der Waals surface area contributed by atoms with Crippen molar-refractivity contribution in [2.45, 2.75) is 0 Å². The molecule has 1 aromatic carbocycles. The van der Waals surface area contributed by atoms with Crippen molar-refractivity contribution < 1.29 is 14.0 Å². The minimum atomic E-state index is -0.640. The van der Waals surface area contributed by atoms with Crippen molar-refractivity contribution in [2.75, 3.05) is 5.32 Å². The van der Waals surface area contributed by atoms with Crippen LogP contribution in [0.3, 0.4) is 0 Å². The molecule has 0 atom stereocenters. The number of amides is 3. The Balaban J connectivity index is 1.93. The monoisotopic (exact) mass is 264 g/mol.